The Hall–Kier alpha value is -3.32. The first-order chi connectivity index (χ1) is 14.0. The molecule has 0 saturated carbocycles. The van der Waals surface area contributed by atoms with Gasteiger partial charge in [-0.2, -0.15) is 0 Å². The van der Waals surface area contributed by atoms with Crippen molar-refractivity contribution in [3.05, 3.63) is 70.2 Å². The van der Waals surface area contributed by atoms with Crippen molar-refractivity contribution in [1.82, 2.24) is 20.3 Å². The molecular formula is C22H24N6O. The van der Waals surface area contributed by atoms with E-state index in [4.69, 9.17) is 15.7 Å². The molecule has 3 heterocycles. The van der Waals surface area contributed by atoms with E-state index in [9.17, 15) is 4.79 Å². The number of carbonyl (C=O) groups excluding carboxylic acids is 1. The maximum Gasteiger partial charge on any atom is 0.248 e. The van der Waals surface area contributed by atoms with E-state index in [2.05, 4.69) is 28.6 Å². The van der Waals surface area contributed by atoms with E-state index in [1.807, 2.05) is 25.3 Å². The molecule has 7 heteroatoms. The van der Waals surface area contributed by atoms with Gasteiger partial charge in [-0.3, -0.25) is 9.78 Å². The van der Waals surface area contributed by atoms with E-state index in [1.165, 1.54) is 5.56 Å². The smallest absolute Gasteiger partial charge is 0.248 e. The van der Waals surface area contributed by atoms with Crippen LogP contribution in [0.25, 0.3) is 11.4 Å². The Morgan fingerprint density at radius 1 is 1.21 bits per heavy atom. The van der Waals surface area contributed by atoms with Gasteiger partial charge in [-0.25, -0.2) is 9.97 Å². The maximum atomic E-state index is 11.3. The molecule has 0 spiro atoms. The lowest BCUT2D eigenvalue weighted by Gasteiger charge is -2.21. The fraction of sp³-hybridized carbons (Fsp3) is 0.273. The Balaban J connectivity index is 1.65. The average molecular weight is 388 g/mol. The lowest BCUT2D eigenvalue weighted by Crippen LogP contribution is -2.26. The topological polar surface area (TPSA) is 106 Å². The van der Waals surface area contributed by atoms with E-state index in [0.717, 1.165) is 46.9 Å². The zero-order chi connectivity index (χ0) is 20.4. The Morgan fingerprint density at radius 2 is 2.00 bits per heavy atom. The first kappa shape index (κ1) is 19.0. The summed E-state index contributed by atoms with van der Waals surface area (Å²) in [6, 6.07) is 9.21. The predicted octanol–water partition coefficient (Wildman–Crippen LogP) is 2.51. The largest absolute Gasteiger partial charge is 0.366 e. The number of carbonyl (C=O) groups is 1. The van der Waals surface area contributed by atoms with Crippen molar-refractivity contribution >= 4 is 11.7 Å². The second-order valence-corrected chi connectivity index (χ2v) is 7.29. The fourth-order valence-corrected chi connectivity index (χ4v) is 3.40. The molecule has 1 aliphatic heterocycles. The van der Waals surface area contributed by atoms with E-state index >= 15 is 0 Å². The first-order valence-electron chi connectivity index (χ1n) is 9.68. The van der Waals surface area contributed by atoms with E-state index < -0.39 is 5.91 Å². The quantitative estimate of drug-likeness (QED) is 0.620. The summed E-state index contributed by atoms with van der Waals surface area (Å²) in [4.78, 5) is 25.3. The second kappa shape index (κ2) is 7.97. The van der Waals surface area contributed by atoms with Crippen LogP contribution in [0.1, 0.15) is 38.4 Å². The minimum absolute atomic E-state index is 0.448. The molecule has 1 aliphatic rings. The van der Waals surface area contributed by atoms with Crippen LogP contribution in [0.3, 0.4) is 0 Å². The van der Waals surface area contributed by atoms with Gasteiger partial charge in [-0.15, -0.1) is 0 Å². The van der Waals surface area contributed by atoms with Crippen LogP contribution in [0.5, 0.6) is 0 Å². The second-order valence-electron chi connectivity index (χ2n) is 7.29. The number of nitrogens with one attached hydrogen (secondary N) is 2. The number of hydrogen-bond donors (Lipinski definition) is 3. The lowest BCUT2D eigenvalue weighted by atomic mass is 10.1. The van der Waals surface area contributed by atoms with Gasteiger partial charge < -0.3 is 16.4 Å². The zero-order valence-corrected chi connectivity index (χ0v) is 16.6. The van der Waals surface area contributed by atoms with Crippen LogP contribution in [0.2, 0.25) is 0 Å². The number of fused-ring (bicyclic) bond motifs is 1. The van der Waals surface area contributed by atoms with Gasteiger partial charge >= 0.3 is 0 Å². The number of benzene rings is 1. The SMILES string of the molecule is Cc1cc(CNc2nc(-c3ccc(C(N)=O)cc3)nc3c2CCNC3)cnc1C. The Kier molecular flexibility index (Phi) is 5.22. The molecule has 4 N–H and O–H groups in total. The molecule has 0 atom stereocenters. The van der Waals surface area contributed by atoms with E-state index in [0.29, 0.717) is 24.5 Å². The highest BCUT2D eigenvalue weighted by atomic mass is 16.1. The summed E-state index contributed by atoms with van der Waals surface area (Å²) in [5, 5.41) is 6.85. The van der Waals surface area contributed by atoms with E-state index in [-0.39, 0.29) is 0 Å². The van der Waals surface area contributed by atoms with Crippen molar-refractivity contribution in [1.29, 1.82) is 0 Å². The van der Waals surface area contributed by atoms with Gasteiger partial charge in [0.25, 0.3) is 0 Å². The number of pyridine rings is 1. The standard InChI is InChI=1S/C22H24N6O/c1-13-9-15(10-25-14(13)2)11-26-22-18-7-8-24-12-19(18)27-21(28-22)17-5-3-16(4-6-17)20(23)29/h3-6,9-10,24H,7-8,11-12H2,1-2H3,(H2,23,29)(H,26,27,28). The molecule has 0 saturated heterocycles. The molecule has 1 aromatic carbocycles. The van der Waals surface area contributed by atoms with Crippen molar-refractivity contribution in [2.24, 2.45) is 5.73 Å². The molecule has 0 unspecified atom stereocenters. The Morgan fingerprint density at radius 3 is 2.72 bits per heavy atom. The Bertz CT molecular complexity index is 1060. The summed E-state index contributed by atoms with van der Waals surface area (Å²) in [6.45, 7) is 6.34. The molecular weight excluding hydrogens is 364 g/mol. The highest BCUT2D eigenvalue weighted by molar-refractivity contribution is 5.93. The maximum absolute atomic E-state index is 11.3. The van der Waals surface area contributed by atoms with E-state index in [1.54, 1.807) is 12.1 Å². The molecule has 4 rings (SSSR count). The number of aryl methyl sites for hydroxylation is 2. The molecule has 0 aliphatic carbocycles. The van der Waals surface area contributed by atoms with Crippen LogP contribution >= 0.6 is 0 Å². The van der Waals surface area contributed by atoms with Gasteiger partial charge in [0, 0.05) is 41.7 Å². The number of primary amides is 1. The summed E-state index contributed by atoms with van der Waals surface area (Å²) in [6.07, 6.45) is 2.78. The molecule has 0 fully saturated rings. The number of anilines is 1. The molecule has 0 bridgehead atoms. The molecule has 7 nitrogen and oxygen atoms in total. The van der Waals surface area contributed by atoms with Crippen molar-refractivity contribution in [2.75, 3.05) is 11.9 Å². The summed E-state index contributed by atoms with van der Waals surface area (Å²) in [5.74, 6) is 1.03. The number of rotatable bonds is 5. The predicted molar refractivity (Wildman–Crippen MR) is 112 cm³/mol. The first-order valence-corrected chi connectivity index (χ1v) is 9.68. The summed E-state index contributed by atoms with van der Waals surface area (Å²) in [7, 11) is 0. The summed E-state index contributed by atoms with van der Waals surface area (Å²) >= 11 is 0. The van der Waals surface area contributed by atoms with Gasteiger partial charge in [0.15, 0.2) is 5.82 Å². The van der Waals surface area contributed by atoms with Crippen LogP contribution in [0.4, 0.5) is 5.82 Å². The third kappa shape index (κ3) is 4.09. The van der Waals surface area contributed by atoms with Gasteiger partial charge in [0.1, 0.15) is 5.82 Å². The van der Waals surface area contributed by atoms with Crippen molar-refractivity contribution in [3.8, 4) is 11.4 Å². The zero-order valence-electron chi connectivity index (χ0n) is 16.6. The lowest BCUT2D eigenvalue weighted by molar-refractivity contribution is 0.100. The van der Waals surface area contributed by atoms with Gasteiger partial charge in [-0.1, -0.05) is 18.2 Å². The molecule has 3 aromatic rings. The molecule has 0 radical (unpaired) electrons. The number of nitrogens with two attached hydrogens (primary N) is 1. The third-order valence-electron chi connectivity index (χ3n) is 5.22. The fourth-order valence-electron chi connectivity index (χ4n) is 3.40. The summed E-state index contributed by atoms with van der Waals surface area (Å²) < 4.78 is 0. The van der Waals surface area contributed by atoms with Crippen molar-refractivity contribution < 1.29 is 4.79 Å². The highest BCUT2D eigenvalue weighted by Gasteiger charge is 2.18. The Labute approximate surface area is 169 Å². The van der Waals surface area contributed by atoms with Gasteiger partial charge in [0.2, 0.25) is 5.91 Å². The number of nitrogens with zero attached hydrogens (tertiary/aromatic N) is 3. The van der Waals surface area contributed by atoms with Crippen LogP contribution in [-0.2, 0) is 19.5 Å². The highest BCUT2D eigenvalue weighted by Crippen LogP contribution is 2.25. The molecule has 1 amide bonds. The number of amides is 1. The molecule has 148 valence electrons. The number of aromatic nitrogens is 3. The number of hydrogen-bond acceptors (Lipinski definition) is 6. The third-order valence-corrected chi connectivity index (χ3v) is 5.22. The normalized spacial score (nSPS) is 13.0. The summed E-state index contributed by atoms with van der Waals surface area (Å²) in [5.41, 5.74) is 12.1. The minimum atomic E-state index is -0.448. The molecule has 29 heavy (non-hydrogen) atoms. The molecule has 2 aromatic heterocycles. The van der Waals surface area contributed by atoms with Crippen LogP contribution in [0.15, 0.2) is 36.5 Å². The average Bonchev–Trinajstić information content (AvgIpc) is 2.74. The monoisotopic (exact) mass is 388 g/mol. The van der Waals surface area contributed by atoms with Gasteiger partial charge in [-0.05, 0) is 50.1 Å². The van der Waals surface area contributed by atoms with Crippen molar-refractivity contribution in [2.45, 2.75) is 33.4 Å². The van der Waals surface area contributed by atoms with Crippen molar-refractivity contribution in [3.63, 3.8) is 0 Å². The van der Waals surface area contributed by atoms with Crippen LogP contribution < -0.4 is 16.4 Å². The van der Waals surface area contributed by atoms with Crippen LogP contribution in [0, 0.1) is 13.8 Å². The van der Waals surface area contributed by atoms with Crippen LogP contribution in [-0.4, -0.2) is 27.4 Å². The van der Waals surface area contributed by atoms with Gasteiger partial charge in [0.05, 0.1) is 5.69 Å². The minimum Gasteiger partial charge on any atom is -0.366 e.